The van der Waals surface area contributed by atoms with Crippen molar-refractivity contribution in [1.29, 1.82) is 0 Å². The highest BCUT2D eigenvalue weighted by molar-refractivity contribution is 6.15. The van der Waals surface area contributed by atoms with Crippen molar-refractivity contribution in [3.63, 3.8) is 0 Å². The zero-order valence-corrected chi connectivity index (χ0v) is 33.1. The predicted octanol–water partition coefficient (Wildman–Crippen LogP) is 16.1. The van der Waals surface area contributed by atoms with Crippen LogP contribution >= 0.6 is 0 Å². The molecule has 0 spiro atoms. The average Bonchev–Trinajstić information content (AvgIpc) is 3.51. The van der Waals surface area contributed by atoms with E-state index in [1.54, 1.807) is 0 Å². The van der Waals surface area contributed by atoms with Gasteiger partial charge in [-0.3, -0.25) is 0 Å². The van der Waals surface area contributed by atoms with E-state index in [0.717, 1.165) is 0 Å². The molecule has 1 aliphatic rings. The van der Waals surface area contributed by atoms with Gasteiger partial charge >= 0.3 is 0 Å². The van der Waals surface area contributed by atoms with Gasteiger partial charge in [0.25, 0.3) is 0 Å². The Morgan fingerprint density at radius 2 is 0.672 bits per heavy atom. The fraction of sp³-hybridized carbons (Fsp3) is 0.0690. The fourth-order valence-corrected chi connectivity index (χ4v) is 9.76. The van der Waals surface area contributed by atoms with E-state index in [1.807, 2.05) is 0 Å². The molecule has 0 aromatic heterocycles. The molecule has 0 heterocycles. The zero-order valence-electron chi connectivity index (χ0n) is 33.1. The van der Waals surface area contributed by atoms with Crippen LogP contribution in [0.2, 0.25) is 0 Å². The van der Waals surface area contributed by atoms with Crippen LogP contribution < -0.4 is 0 Å². The lowest BCUT2D eigenvalue weighted by Gasteiger charge is -2.23. The van der Waals surface area contributed by atoms with Gasteiger partial charge in [-0.1, -0.05) is 202 Å². The van der Waals surface area contributed by atoms with E-state index < -0.39 is 0 Å². The van der Waals surface area contributed by atoms with E-state index in [0.29, 0.717) is 0 Å². The fourth-order valence-electron chi connectivity index (χ4n) is 9.76. The Bertz CT molecular complexity index is 3150. The van der Waals surface area contributed by atoms with Crippen LogP contribution in [0, 0.1) is 6.92 Å². The SMILES string of the molecule is Cc1c2ccccc2c(-c2ccc(-c3ccc4c(c3)C(C)(C)c3cc(-c5ccc(-c6ccc(-c7cccc8ccccc78)cc6)cc5)ccc3-4)cc2)c2ccccc12. The monoisotopic (exact) mass is 738 g/mol. The van der Waals surface area contributed by atoms with Crippen molar-refractivity contribution in [1.82, 2.24) is 0 Å². The minimum absolute atomic E-state index is 0.123. The molecule has 274 valence electrons. The minimum Gasteiger partial charge on any atom is -0.0616 e. The molecule has 0 radical (unpaired) electrons. The second-order valence-electron chi connectivity index (χ2n) is 16.5. The maximum Gasteiger partial charge on any atom is 0.0159 e. The molecule has 0 N–H and O–H groups in total. The summed E-state index contributed by atoms with van der Waals surface area (Å²) < 4.78 is 0. The molecule has 0 unspecified atom stereocenters. The van der Waals surface area contributed by atoms with Crippen LogP contribution in [0.25, 0.3) is 99.1 Å². The first kappa shape index (κ1) is 34.2. The standard InChI is InChI=1S/C58H42/c1-37-47-13-6-8-16-53(47)57(54-17-9-7-14-48(37)54)44-29-25-41(26-30-44)46-32-34-52-51-33-31-45(35-55(51)58(2,3)56(52)36-46)40-21-19-38(20-22-40)39-23-27-43(28-24-39)50-18-10-12-42-11-4-5-15-49(42)50/h4-36H,1-3H3. The molecule has 0 saturated carbocycles. The van der Waals surface area contributed by atoms with E-state index in [9.17, 15) is 0 Å². The Kier molecular flexibility index (Phi) is 7.85. The summed E-state index contributed by atoms with van der Waals surface area (Å²) in [6, 6.07) is 74.2. The van der Waals surface area contributed by atoms with Crippen LogP contribution in [0.15, 0.2) is 200 Å². The van der Waals surface area contributed by atoms with Gasteiger partial charge in [-0.25, -0.2) is 0 Å². The van der Waals surface area contributed by atoms with Crippen LogP contribution in [0.5, 0.6) is 0 Å². The molecule has 0 amide bonds. The largest absolute Gasteiger partial charge is 0.0616 e. The molecule has 58 heavy (non-hydrogen) atoms. The summed E-state index contributed by atoms with van der Waals surface area (Å²) in [6.07, 6.45) is 0. The molecule has 0 bridgehead atoms. The van der Waals surface area contributed by atoms with Gasteiger partial charge in [-0.15, -0.1) is 0 Å². The first-order chi connectivity index (χ1) is 28.4. The van der Waals surface area contributed by atoms with Gasteiger partial charge in [0.15, 0.2) is 0 Å². The second kappa shape index (κ2) is 13.3. The highest BCUT2D eigenvalue weighted by Crippen LogP contribution is 2.51. The Morgan fingerprint density at radius 3 is 1.19 bits per heavy atom. The van der Waals surface area contributed by atoms with Crippen molar-refractivity contribution in [2.45, 2.75) is 26.2 Å². The van der Waals surface area contributed by atoms with E-state index in [1.165, 1.54) is 116 Å². The summed E-state index contributed by atoms with van der Waals surface area (Å²) in [7, 11) is 0. The van der Waals surface area contributed by atoms with Crippen molar-refractivity contribution < 1.29 is 0 Å². The molecule has 10 aromatic rings. The van der Waals surface area contributed by atoms with Gasteiger partial charge in [-0.2, -0.15) is 0 Å². The first-order valence-corrected chi connectivity index (χ1v) is 20.4. The second-order valence-corrected chi connectivity index (χ2v) is 16.5. The summed E-state index contributed by atoms with van der Waals surface area (Å²) in [6.45, 7) is 7.01. The molecule has 0 atom stereocenters. The molecular formula is C58H42. The molecule has 0 heteroatoms. The third kappa shape index (κ3) is 5.44. The molecule has 11 rings (SSSR count). The number of aryl methyl sites for hydroxylation is 1. The highest BCUT2D eigenvalue weighted by Gasteiger charge is 2.36. The summed E-state index contributed by atoms with van der Waals surface area (Å²) >= 11 is 0. The maximum absolute atomic E-state index is 2.43. The van der Waals surface area contributed by atoms with E-state index in [-0.39, 0.29) is 5.41 Å². The Labute approximate surface area is 340 Å². The number of hydrogen-bond donors (Lipinski definition) is 0. The molecule has 10 aromatic carbocycles. The van der Waals surface area contributed by atoms with Gasteiger partial charge in [-0.05, 0) is 135 Å². The molecule has 1 aliphatic carbocycles. The third-order valence-electron chi connectivity index (χ3n) is 12.9. The predicted molar refractivity (Wildman–Crippen MR) is 248 cm³/mol. The number of benzene rings is 10. The van der Waals surface area contributed by atoms with Crippen LogP contribution in [0.1, 0.15) is 30.5 Å². The molecule has 0 aliphatic heterocycles. The topological polar surface area (TPSA) is 0 Å². The number of rotatable bonds is 5. The van der Waals surface area contributed by atoms with Crippen LogP contribution in [-0.2, 0) is 5.41 Å². The average molecular weight is 739 g/mol. The smallest absolute Gasteiger partial charge is 0.0159 e. The first-order valence-electron chi connectivity index (χ1n) is 20.4. The van der Waals surface area contributed by atoms with Crippen molar-refractivity contribution >= 4 is 32.3 Å². The Balaban J connectivity index is 0.868. The van der Waals surface area contributed by atoms with Crippen LogP contribution in [-0.4, -0.2) is 0 Å². The van der Waals surface area contributed by atoms with Gasteiger partial charge in [0, 0.05) is 5.41 Å². The quantitative estimate of drug-likeness (QED) is 0.154. The molecular weight excluding hydrogens is 697 g/mol. The van der Waals surface area contributed by atoms with Gasteiger partial charge in [0.1, 0.15) is 0 Å². The lowest BCUT2D eigenvalue weighted by molar-refractivity contribution is 0.661. The summed E-state index contributed by atoms with van der Waals surface area (Å²) in [5, 5.41) is 7.81. The van der Waals surface area contributed by atoms with Gasteiger partial charge < -0.3 is 0 Å². The summed E-state index contributed by atoms with van der Waals surface area (Å²) in [5.74, 6) is 0. The number of fused-ring (bicyclic) bond motifs is 6. The van der Waals surface area contributed by atoms with Crippen molar-refractivity contribution in [2.75, 3.05) is 0 Å². The molecule has 0 saturated heterocycles. The van der Waals surface area contributed by atoms with E-state index in [4.69, 9.17) is 0 Å². The Hall–Kier alpha value is -7.02. The normalized spacial score (nSPS) is 12.9. The van der Waals surface area contributed by atoms with Gasteiger partial charge in [0.05, 0.1) is 0 Å². The lowest BCUT2D eigenvalue weighted by Crippen LogP contribution is -2.15. The Morgan fingerprint density at radius 1 is 0.293 bits per heavy atom. The van der Waals surface area contributed by atoms with Crippen LogP contribution in [0.4, 0.5) is 0 Å². The zero-order chi connectivity index (χ0) is 39.0. The molecule has 0 fully saturated rings. The summed E-state index contributed by atoms with van der Waals surface area (Å²) in [5.41, 5.74) is 19.2. The van der Waals surface area contributed by atoms with E-state index in [2.05, 4.69) is 221 Å². The van der Waals surface area contributed by atoms with Crippen LogP contribution in [0.3, 0.4) is 0 Å². The number of hydrogen-bond acceptors (Lipinski definition) is 0. The molecule has 0 nitrogen and oxygen atoms in total. The maximum atomic E-state index is 2.43. The highest BCUT2D eigenvalue weighted by atomic mass is 14.4. The van der Waals surface area contributed by atoms with Crippen molar-refractivity contribution in [3.05, 3.63) is 217 Å². The summed E-state index contributed by atoms with van der Waals surface area (Å²) in [4.78, 5) is 0. The lowest BCUT2D eigenvalue weighted by atomic mass is 9.80. The van der Waals surface area contributed by atoms with Crippen molar-refractivity contribution in [2.24, 2.45) is 0 Å². The minimum atomic E-state index is -0.123. The van der Waals surface area contributed by atoms with E-state index >= 15 is 0 Å². The third-order valence-corrected chi connectivity index (χ3v) is 12.9. The van der Waals surface area contributed by atoms with Gasteiger partial charge in [0.2, 0.25) is 0 Å². The van der Waals surface area contributed by atoms with Crippen molar-refractivity contribution in [3.8, 4) is 66.8 Å².